The lowest BCUT2D eigenvalue weighted by Crippen LogP contribution is -1.88. The summed E-state index contributed by atoms with van der Waals surface area (Å²) in [5.74, 6) is -0.226. The van der Waals surface area contributed by atoms with Crippen LogP contribution in [0.2, 0.25) is 0 Å². The first kappa shape index (κ1) is 13.5. The summed E-state index contributed by atoms with van der Waals surface area (Å²) in [6, 6.07) is 16.0. The second-order valence-corrected chi connectivity index (χ2v) is 5.56. The number of rotatable bonds is 3. The van der Waals surface area contributed by atoms with E-state index in [1.54, 1.807) is 29.5 Å². The number of nitrogens with zero attached hydrogens (tertiary/aromatic N) is 2. The zero-order valence-electron chi connectivity index (χ0n) is 11.1. The maximum atomic E-state index is 13.2. The zero-order chi connectivity index (χ0) is 14.7. The first-order chi connectivity index (χ1) is 10.2. The summed E-state index contributed by atoms with van der Waals surface area (Å²) in [5, 5.41) is 11.7. The molecule has 0 aliphatic rings. The van der Waals surface area contributed by atoms with Gasteiger partial charge in [-0.1, -0.05) is 24.3 Å². The molecule has 2 aromatic carbocycles. The highest BCUT2D eigenvalue weighted by Crippen LogP contribution is 2.24. The van der Waals surface area contributed by atoms with Crippen molar-refractivity contribution in [1.82, 2.24) is 4.98 Å². The van der Waals surface area contributed by atoms with Gasteiger partial charge < -0.3 is 0 Å². The van der Waals surface area contributed by atoms with Crippen LogP contribution in [-0.2, 0) is 6.42 Å². The fraction of sp³-hybridized carbons (Fsp3) is 0.0588. The molecule has 102 valence electrons. The van der Waals surface area contributed by atoms with Crippen LogP contribution in [-0.4, -0.2) is 4.98 Å². The molecule has 0 aliphatic heterocycles. The van der Waals surface area contributed by atoms with Gasteiger partial charge in [0.1, 0.15) is 5.82 Å². The third-order valence-corrected chi connectivity index (χ3v) is 3.95. The molecular weight excluding hydrogens is 283 g/mol. The standard InChI is InChI=1S/C17H11FN2S/c18-15-3-1-2-13(8-15)9-17-20-16(11-21-17)14-6-4-12(10-19)5-7-14/h1-8,11H,9H2. The number of hydrogen-bond acceptors (Lipinski definition) is 3. The minimum Gasteiger partial charge on any atom is -0.241 e. The predicted octanol–water partition coefficient (Wildman–Crippen LogP) is 4.41. The summed E-state index contributed by atoms with van der Waals surface area (Å²) in [6.07, 6.45) is 0.624. The van der Waals surface area contributed by atoms with E-state index in [4.69, 9.17) is 5.26 Å². The van der Waals surface area contributed by atoms with Crippen molar-refractivity contribution in [3.8, 4) is 17.3 Å². The SMILES string of the molecule is N#Cc1ccc(-c2csc(Cc3cccc(F)c3)n2)cc1. The van der Waals surface area contributed by atoms with Gasteiger partial charge in [-0.2, -0.15) is 5.26 Å². The lowest BCUT2D eigenvalue weighted by molar-refractivity contribution is 0.626. The van der Waals surface area contributed by atoms with Gasteiger partial charge in [0.2, 0.25) is 0 Å². The van der Waals surface area contributed by atoms with Gasteiger partial charge in [0, 0.05) is 17.4 Å². The van der Waals surface area contributed by atoms with E-state index in [-0.39, 0.29) is 5.82 Å². The average molecular weight is 294 g/mol. The van der Waals surface area contributed by atoms with Gasteiger partial charge in [-0.3, -0.25) is 0 Å². The summed E-state index contributed by atoms with van der Waals surface area (Å²) in [6.45, 7) is 0. The lowest BCUT2D eigenvalue weighted by atomic mass is 10.1. The highest BCUT2D eigenvalue weighted by Gasteiger charge is 2.06. The number of nitriles is 1. The van der Waals surface area contributed by atoms with Crippen LogP contribution in [0.15, 0.2) is 53.9 Å². The Kier molecular flexibility index (Phi) is 3.76. The minimum absolute atomic E-state index is 0.226. The highest BCUT2D eigenvalue weighted by atomic mass is 32.1. The molecule has 1 aromatic heterocycles. The third kappa shape index (κ3) is 3.15. The molecule has 0 atom stereocenters. The van der Waals surface area contributed by atoms with Crippen molar-refractivity contribution in [2.45, 2.75) is 6.42 Å². The Labute approximate surface area is 126 Å². The smallest absolute Gasteiger partial charge is 0.123 e. The van der Waals surface area contributed by atoms with Gasteiger partial charge >= 0.3 is 0 Å². The van der Waals surface area contributed by atoms with Crippen molar-refractivity contribution in [3.63, 3.8) is 0 Å². The Morgan fingerprint density at radius 3 is 2.67 bits per heavy atom. The van der Waals surface area contributed by atoms with Crippen LogP contribution in [0.1, 0.15) is 16.1 Å². The Bertz CT molecular complexity index is 800. The van der Waals surface area contributed by atoms with E-state index in [1.807, 2.05) is 23.6 Å². The van der Waals surface area contributed by atoms with E-state index in [9.17, 15) is 4.39 Å². The van der Waals surface area contributed by atoms with Crippen molar-refractivity contribution in [1.29, 1.82) is 5.26 Å². The molecule has 3 rings (SSSR count). The fourth-order valence-corrected chi connectivity index (χ4v) is 2.90. The largest absolute Gasteiger partial charge is 0.241 e. The summed E-state index contributed by atoms with van der Waals surface area (Å²) >= 11 is 1.56. The van der Waals surface area contributed by atoms with Gasteiger partial charge in [0.25, 0.3) is 0 Å². The molecule has 0 fully saturated rings. The van der Waals surface area contributed by atoms with Crippen molar-refractivity contribution in [2.24, 2.45) is 0 Å². The van der Waals surface area contributed by atoms with E-state index in [0.29, 0.717) is 12.0 Å². The summed E-state index contributed by atoms with van der Waals surface area (Å²) in [7, 11) is 0. The molecule has 0 aliphatic carbocycles. The number of benzene rings is 2. The van der Waals surface area contributed by atoms with Crippen LogP contribution in [0.5, 0.6) is 0 Å². The molecule has 4 heteroatoms. The molecule has 21 heavy (non-hydrogen) atoms. The summed E-state index contributed by atoms with van der Waals surface area (Å²) in [5.41, 5.74) is 3.41. The fourth-order valence-electron chi connectivity index (χ4n) is 2.06. The van der Waals surface area contributed by atoms with E-state index in [2.05, 4.69) is 11.1 Å². The molecule has 0 saturated carbocycles. The number of hydrogen-bond donors (Lipinski definition) is 0. The molecule has 0 bridgehead atoms. The van der Waals surface area contributed by atoms with Crippen LogP contribution < -0.4 is 0 Å². The minimum atomic E-state index is -0.226. The zero-order valence-corrected chi connectivity index (χ0v) is 11.9. The van der Waals surface area contributed by atoms with Gasteiger partial charge in [-0.05, 0) is 29.8 Å². The van der Waals surface area contributed by atoms with E-state index in [0.717, 1.165) is 21.8 Å². The van der Waals surface area contributed by atoms with Gasteiger partial charge in [-0.15, -0.1) is 11.3 Å². The van der Waals surface area contributed by atoms with Gasteiger partial charge in [0.05, 0.1) is 22.3 Å². The molecule has 0 N–H and O–H groups in total. The maximum absolute atomic E-state index is 13.2. The Hall–Kier alpha value is -2.51. The molecule has 3 aromatic rings. The van der Waals surface area contributed by atoms with Crippen LogP contribution in [0, 0.1) is 17.1 Å². The first-order valence-corrected chi connectivity index (χ1v) is 7.32. The van der Waals surface area contributed by atoms with Crippen LogP contribution in [0.3, 0.4) is 0 Å². The molecule has 0 saturated heterocycles. The van der Waals surface area contributed by atoms with Crippen LogP contribution in [0.25, 0.3) is 11.3 Å². The molecule has 0 amide bonds. The summed E-state index contributed by atoms with van der Waals surface area (Å²) in [4.78, 5) is 4.57. The summed E-state index contributed by atoms with van der Waals surface area (Å²) < 4.78 is 13.2. The third-order valence-electron chi connectivity index (χ3n) is 3.11. The van der Waals surface area contributed by atoms with Gasteiger partial charge in [0.15, 0.2) is 0 Å². The van der Waals surface area contributed by atoms with Crippen molar-refractivity contribution in [2.75, 3.05) is 0 Å². The van der Waals surface area contributed by atoms with Crippen LogP contribution >= 0.6 is 11.3 Å². The van der Waals surface area contributed by atoms with Gasteiger partial charge in [-0.25, -0.2) is 9.37 Å². The highest BCUT2D eigenvalue weighted by molar-refractivity contribution is 7.10. The van der Waals surface area contributed by atoms with E-state index in [1.165, 1.54) is 12.1 Å². The first-order valence-electron chi connectivity index (χ1n) is 6.44. The quantitative estimate of drug-likeness (QED) is 0.717. The number of halogens is 1. The second kappa shape index (κ2) is 5.86. The molecule has 0 spiro atoms. The van der Waals surface area contributed by atoms with Crippen molar-refractivity contribution >= 4 is 11.3 Å². The van der Waals surface area contributed by atoms with E-state index < -0.39 is 0 Å². The topological polar surface area (TPSA) is 36.7 Å². The monoisotopic (exact) mass is 294 g/mol. The lowest BCUT2D eigenvalue weighted by Gasteiger charge is -1.98. The Morgan fingerprint density at radius 1 is 1.14 bits per heavy atom. The van der Waals surface area contributed by atoms with Crippen molar-refractivity contribution < 1.29 is 4.39 Å². The normalized spacial score (nSPS) is 10.3. The molecular formula is C17H11FN2S. The molecule has 0 unspecified atom stereocenters. The Morgan fingerprint density at radius 2 is 1.95 bits per heavy atom. The maximum Gasteiger partial charge on any atom is 0.123 e. The predicted molar refractivity (Wildman–Crippen MR) is 81.5 cm³/mol. The van der Waals surface area contributed by atoms with Crippen LogP contribution in [0.4, 0.5) is 4.39 Å². The molecule has 0 radical (unpaired) electrons. The number of aromatic nitrogens is 1. The average Bonchev–Trinajstić information content (AvgIpc) is 2.96. The molecule has 2 nitrogen and oxygen atoms in total. The number of thiazole rings is 1. The molecule has 1 heterocycles. The Balaban J connectivity index is 1.81. The van der Waals surface area contributed by atoms with E-state index >= 15 is 0 Å². The van der Waals surface area contributed by atoms with Crippen molar-refractivity contribution in [3.05, 3.63) is 75.9 Å². The second-order valence-electron chi connectivity index (χ2n) is 4.62.